The lowest BCUT2D eigenvalue weighted by Crippen LogP contribution is -2.54. The number of H-pyrrole nitrogens is 1. The first-order valence-corrected chi connectivity index (χ1v) is 10.9. The highest BCUT2D eigenvalue weighted by molar-refractivity contribution is 5.19. The number of aromatic amines is 1. The van der Waals surface area contributed by atoms with E-state index in [9.17, 15) is 0 Å². The predicted octanol–water partition coefficient (Wildman–Crippen LogP) is 6.19. The normalized spacial score (nSPS) is 19.5. The fourth-order valence-corrected chi connectivity index (χ4v) is 3.82. The van der Waals surface area contributed by atoms with Gasteiger partial charge in [0.15, 0.2) is 0 Å². The van der Waals surface area contributed by atoms with Gasteiger partial charge in [0.2, 0.25) is 6.33 Å². The number of imidazole rings is 1. The molecule has 1 aromatic rings. The molecule has 1 aliphatic rings. The molecule has 0 spiro atoms. The molecular formula is C23H39N2O+. The lowest BCUT2D eigenvalue weighted by atomic mass is 9.87. The number of ether oxygens (including phenoxy) is 1. The summed E-state index contributed by atoms with van der Waals surface area (Å²) in [5.74, 6) is 1.12. The molecule has 0 aromatic carbocycles. The average molecular weight is 360 g/mol. The van der Waals surface area contributed by atoms with E-state index in [0.29, 0.717) is 0 Å². The van der Waals surface area contributed by atoms with E-state index in [1.165, 1.54) is 64.2 Å². The number of aromatic nitrogens is 2. The van der Waals surface area contributed by atoms with Crippen LogP contribution in [0.3, 0.4) is 0 Å². The number of allylic oxidation sites excluding steroid dienone is 4. The van der Waals surface area contributed by atoms with Crippen molar-refractivity contribution >= 4 is 0 Å². The Morgan fingerprint density at radius 3 is 2.31 bits per heavy atom. The summed E-state index contributed by atoms with van der Waals surface area (Å²) in [7, 11) is 0. The zero-order valence-corrected chi connectivity index (χ0v) is 17.0. The van der Waals surface area contributed by atoms with Crippen LogP contribution >= 0.6 is 0 Å². The minimum Gasteiger partial charge on any atom is -0.498 e. The largest absolute Gasteiger partial charge is 0.498 e. The Morgan fingerprint density at radius 2 is 1.69 bits per heavy atom. The second-order valence-electron chi connectivity index (χ2n) is 7.68. The molecule has 3 heteroatoms. The summed E-state index contributed by atoms with van der Waals surface area (Å²) in [6, 6.07) is 0. The minimum absolute atomic E-state index is 0.0157. The molecular weight excluding hydrogens is 320 g/mol. The van der Waals surface area contributed by atoms with Crippen LogP contribution in [-0.2, 0) is 10.3 Å². The van der Waals surface area contributed by atoms with Gasteiger partial charge in [-0.3, -0.25) is 4.98 Å². The van der Waals surface area contributed by atoms with E-state index < -0.39 is 0 Å². The van der Waals surface area contributed by atoms with Crippen molar-refractivity contribution in [2.45, 2.75) is 96.4 Å². The zero-order chi connectivity index (χ0) is 18.5. The van der Waals surface area contributed by atoms with Crippen LogP contribution in [0, 0.1) is 0 Å². The Balaban J connectivity index is 1.56. The van der Waals surface area contributed by atoms with Crippen molar-refractivity contribution in [2.75, 3.05) is 6.61 Å². The number of rotatable bonds is 14. The molecule has 3 nitrogen and oxygen atoms in total. The molecule has 0 fully saturated rings. The van der Waals surface area contributed by atoms with Gasteiger partial charge in [0.05, 0.1) is 13.0 Å². The molecule has 146 valence electrons. The molecule has 1 unspecified atom stereocenters. The third-order valence-corrected chi connectivity index (χ3v) is 5.63. The highest BCUT2D eigenvalue weighted by atomic mass is 16.5. The van der Waals surface area contributed by atoms with Gasteiger partial charge in [-0.1, -0.05) is 77.7 Å². The third kappa shape index (κ3) is 6.66. The Hall–Kier alpha value is -1.51. The van der Waals surface area contributed by atoms with Gasteiger partial charge in [-0.05, 0) is 25.0 Å². The molecule has 1 heterocycles. The Kier molecular flexibility index (Phi) is 9.58. The number of nitrogens with one attached hydrogen (secondary N) is 1. The number of nitrogens with zero attached hydrogens (tertiary/aromatic N) is 1. The quantitative estimate of drug-likeness (QED) is 0.311. The topological polar surface area (TPSA) is 28.9 Å². The lowest BCUT2D eigenvalue weighted by Gasteiger charge is -2.29. The van der Waals surface area contributed by atoms with Gasteiger partial charge in [-0.25, -0.2) is 4.57 Å². The smallest absolute Gasteiger partial charge is 0.242 e. The molecule has 1 aromatic heterocycles. The highest BCUT2D eigenvalue weighted by Crippen LogP contribution is 2.29. The van der Waals surface area contributed by atoms with Crippen molar-refractivity contribution < 1.29 is 9.30 Å². The first-order valence-electron chi connectivity index (χ1n) is 10.9. The molecule has 1 N–H and O–H groups in total. The number of unbranched alkanes of at least 4 members (excludes halogenated alkanes) is 9. The molecule has 0 saturated carbocycles. The molecule has 0 radical (unpaired) electrons. The minimum atomic E-state index is 0.0157. The lowest BCUT2D eigenvalue weighted by molar-refractivity contribution is -0.752. The highest BCUT2D eigenvalue weighted by Gasteiger charge is 2.35. The van der Waals surface area contributed by atoms with E-state index in [1.54, 1.807) is 0 Å². The molecule has 0 saturated heterocycles. The standard InChI is InChI=1S/C23H38N2O/c1-3-5-6-7-8-9-10-11-12-13-19-26-22-15-14-16-23(4-2,20-22)25-18-17-24-21-25/h14-18,21H,3-13,19-20H2,1-2H3/p+1. The van der Waals surface area contributed by atoms with Crippen LogP contribution in [0.1, 0.15) is 90.9 Å². The van der Waals surface area contributed by atoms with E-state index in [-0.39, 0.29) is 5.54 Å². The monoisotopic (exact) mass is 359 g/mol. The van der Waals surface area contributed by atoms with Crippen LogP contribution in [0.15, 0.2) is 42.7 Å². The summed E-state index contributed by atoms with van der Waals surface area (Å²) in [4.78, 5) is 3.16. The van der Waals surface area contributed by atoms with Gasteiger partial charge < -0.3 is 4.74 Å². The summed E-state index contributed by atoms with van der Waals surface area (Å²) >= 11 is 0. The van der Waals surface area contributed by atoms with E-state index in [2.05, 4.69) is 47.8 Å². The Labute approximate surface area is 160 Å². The maximum absolute atomic E-state index is 6.10. The van der Waals surface area contributed by atoms with E-state index in [0.717, 1.165) is 25.2 Å². The van der Waals surface area contributed by atoms with Crippen LogP contribution in [0.5, 0.6) is 0 Å². The Morgan fingerprint density at radius 1 is 1.00 bits per heavy atom. The fraction of sp³-hybridized carbons (Fsp3) is 0.696. The molecule has 0 bridgehead atoms. The van der Waals surface area contributed by atoms with Crippen molar-refractivity contribution in [1.29, 1.82) is 0 Å². The molecule has 1 aliphatic carbocycles. The number of hydrogen-bond acceptors (Lipinski definition) is 1. The number of hydrogen-bond donors (Lipinski definition) is 1. The van der Waals surface area contributed by atoms with E-state index >= 15 is 0 Å². The van der Waals surface area contributed by atoms with Gasteiger partial charge >= 0.3 is 0 Å². The summed E-state index contributed by atoms with van der Waals surface area (Å²) in [6.45, 7) is 5.38. The summed E-state index contributed by atoms with van der Waals surface area (Å²) < 4.78 is 8.36. The van der Waals surface area contributed by atoms with Crippen LogP contribution in [0.2, 0.25) is 0 Å². The first kappa shape index (κ1) is 20.8. The molecule has 0 amide bonds. The maximum atomic E-state index is 6.10. The maximum Gasteiger partial charge on any atom is 0.242 e. The van der Waals surface area contributed by atoms with E-state index in [1.807, 2.05) is 12.5 Å². The predicted molar refractivity (Wildman–Crippen MR) is 109 cm³/mol. The zero-order valence-electron chi connectivity index (χ0n) is 17.0. The van der Waals surface area contributed by atoms with Gasteiger partial charge in [-0.2, -0.15) is 0 Å². The summed E-state index contributed by atoms with van der Waals surface area (Å²) in [5.41, 5.74) is 0.0157. The fourth-order valence-electron chi connectivity index (χ4n) is 3.82. The van der Waals surface area contributed by atoms with Crippen LogP contribution < -0.4 is 4.57 Å². The molecule has 1 atom stereocenters. The molecule has 0 aliphatic heterocycles. The van der Waals surface area contributed by atoms with Gasteiger partial charge in [0.25, 0.3) is 0 Å². The van der Waals surface area contributed by atoms with Crippen molar-refractivity contribution in [2.24, 2.45) is 0 Å². The van der Waals surface area contributed by atoms with E-state index in [4.69, 9.17) is 4.74 Å². The SMILES string of the molecule is CCCCCCCCCCCCOC1=CC=CC(CC)([n+]2cc[nH]c2)C1. The van der Waals surface area contributed by atoms with Crippen LogP contribution in [0.25, 0.3) is 0 Å². The van der Waals surface area contributed by atoms with Gasteiger partial charge in [-0.15, -0.1) is 0 Å². The molecule has 2 rings (SSSR count). The van der Waals surface area contributed by atoms with Crippen LogP contribution in [-0.4, -0.2) is 11.6 Å². The summed E-state index contributed by atoms with van der Waals surface area (Å²) in [5, 5.41) is 0. The molecule has 26 heavy (non-hydrogen) atoms. The van der Waals surface area contributed by atoms with Crippen molar-refractivity contribution in [1.82, 2.24) is 4.98 Å². The summed E-state index contributed by atoms with van der Waals surface area (Å²) in [6.07, 6.45) is 28.4. The van der Waals surface area contributed by atoms with Crippen molar-refractivity contribution in [3.63, 3.8) is 0 Å². The first-order chi connectivity index (χ1) is 12.8. The average Bonchev–Trinajstić information content (AvgIpc) is 3.22. The van der Waals surface area contributed by atoms with Crippen molar-refractivity contribution in [3.8, 4) is 0 Å². The second-order valence-corrected chi connectivity index (χ2v) is 7.68. The Bertz CT molecular complexity index is 532. The van der Waals surface area contributed by atoms with Gasteiger partial charge in [0.1, 0.15) is 23.7 Å². The van der Waals surface area contributed by atoms with Gasteiger partial charge in [0, 0.05) is 0 Å². The second kappa shape index (κ2) is 12.0. The van der Waals surface area contributed by atoms with Crippen molar-refractivity contribution in [3.05, 3.63) is 42.7 Å². The third-order valence-electron chi connectivity index (χ3n) is 5.63. The van der Waals surface area contributed by atoms with Crippen LogP contribution in [0.4, 0.5) is 0 Å².